The predicted molar refractivity (Wildman–Crippen MR) is 96.3 cm³/mol. The van der Waals surface area contributed by atoms with Gasteiger partial charge in [0.1, 0.15) is 0 Å². The molecule has 0 saturated carbocycles. The third kappa shape index (κ3) is 5.98. The van der Waals surface area contributed by atoms with Crippen LogP contribution in [0.15, 0.2) is 40.1 Å². The number of esters is 1. The fourth-order valence-corrected chi connectivity index (χ4v) is 3.49. The second-order valence-corrected chi connectivity index (χ2v) is 7.87. The summed E-state index contributed by atoms with van der Waals surface area (Å²) in [7, 11) is 0. The fraction of sp³-hybridized carbons (Fsp3) is 0.353. The molecule has 1 aromatic carbocycles. The first kappa shape index (κ1) is 18.5. The van der Waals surface area contributed by atoms with Crippen molar-refractivity contribution >= 4 is 35.0 Å². The van der Waals surface area contributed by atoms with Crippen LogP contribution in [0.3, 0.4) is 0 Å². The minimum Gasteiger partial charge on any atom is -0.452 e. The molecule has 0 bridgehead atoms. The zero-order valence-electron chi connectivity index (χ0n) is 13.9. The number of hydrogen-bond acceptors (Lipinski definition) is 6. The molecule has 1 aromatic heterocycles. The zero-order chi connectivity index (χ0) is 17.6. The maximum absolute atomic E-state index is 12.3. The van der Waals surface area contributed by atoms with Crippen LogP contribution in [0.5, 0.6) is 0 Å². The van der Waals surface area contributed by atoms with Gasteiger partial charge in [-0.05, 0) is 32.9 Å². The number of carbonyl (C=O) groups is 2. The summed E-state index contributed by atoms with van der Waals surface area (Å²) in [5.41, 5.74) is 2.85. The van der Waals surface area contributed by atoms with Crippen molar-refractivity contribution in [3.05, 3.63) is 46.4 Å². The molecule has 0 atom stereocenters. The molecule has 128 valence electrons. The van der Waals surface area contributed by atoms with Crippen molar-refractivity contribution in [2.24, 2.45) is 0 Å². The third-order valence-electron chi connectivity index (χ3n) is 2.81. The smallest absolute Gasteiger partial charge is 0.339 e. The zero-order valence-corrected chi connectivity index (χ0v) is 15.5. The number of ether oxygens (including phenoxy) is 1. The third-order valence-corrected chi connectivity index (χ3v) is 4.56. The first-order chi connectivity index (χ1) is 11.3. The molecule has 0 fully saturated rings. The lowest BCUT2D eigenvalue weighted by atomic mass is 10.1. The Balaban J connectivity index is 1.95. The number of thioether (sulfide) groups is 1. The van der Waals surface area contributed by atoms with Gasteiger partial charge >= 0.3 is 5.97 Å². The lowest BCUT2D eigenvalue weighted by Gasteiger charge is -2.20. The van der Waals surface area contributed by atoms with Gasteiger partial charge in [0.25, 0.3) is 5.91 Å². The topological polar surface area (TPSA) is 68.3 Å². The van der Waals surface area contributed by atoms with Gasteiger partial charge in [-0.1, -0.05) is 12.1 Å². The molecule has 1 amide bonds. The molecular formula is C17H20N2O3S2. The van der Waals surface area contributed by atoms with Crippen LogP contribution < -0.4 is 5.32 Å². The van der Waals surface area contributed by atoms with Crippen LogP contribution in [0.2, 0.25) is 0 Å². The van der Waals surface area contributed by atoms with Crippen LogP contribution in [0.1, 0.15) is 36.8 Å². The van der Waals surface area contributed by atoms with Crippen molar-refractivity contribution in [3.8, 4) is 0 Å². The molecule has 0 aliphatic rings. The van der Waals surface area contributed by atoms with E-state index < -0.39 is 5.97 Å². The Morgan fingerprint density at radius 2 is 2.04 bits per heavy atom. The van der Waals surface area contributed by atoms with Crippen LogP contribution in [0.25, 0.3) is 0 Å². The SMILES string of the molecule is CC(C)(C)NC(=O)COC(=O)c1ccccc1SCc1cscn1. The Bertz CT molecular complexity index is 694. The second kappa shape index (κ2) is 8.30. The summed E-state index contributed by atoms with van der Waals surface area (Å²) in [5, 5.41) is 4.73. The number of benzene rings is 1. The number of rotatable bonds is 6. The standard InChI is InChI=1S/C17H20N2O3S2/c1-17(2,3)19-15(20)8-22-16(21)13-6-4-5-7-14(13)24-10-12-9-23-11-18-12/h4-7,9,11H,8,10H2,1-3H3,(H,19,20). The minimum absolute atomic E-state index is 0.290. The highest BCUT2D eigenvalue weighted by molar-refractivity contribution is 7.98. The molecule has 0 spiro atoms. The van der Waals surface area contributed by atoms with E-state index in [-0.39, 0.29) is 18.1 Å². The van der Waals surface area contributed by atoms with E-state index in [1.807, 2.05) is 38.3 Å². The summed E-state index contributed by atoms with van der Waals surface area (Å²) in [6.45, 7) is 5.33. The average molecular weight is 364 g/mol. The van der Waals surface area contributed by atoms with Gasteiger partial charge in [0.2, 0.25) is 0 Å². The summed E-state index contributed by atoms with van der Waals surface area (Å²) in [6, 6.07) is 7.21. The summed E-state index contributed by atoms with van der Waals surface area (Å²) in [4.78, 5) is 29.1. The molecule has 0 saturated heterocycles. The van der Waals surface area contributed by atoms with Gasteiger partial charge in [0.15, 0.2) is 6.61 Å². The summed E-state index contributed by atoms with van der Waals surface area (Å²) < 4.78 is 5.14. The van der Waals surface area contributed by atoms with Crippen LogP contribution >= 0.6 is 23.1 Å². The van der Waals surface area contributed by atoms with Crippen molar-refractivity contribution < 1.29 is 14.3 Å². The van der Waals surface area contributed by atoms with Gasteiger partial charge in [-0.25, -0.2) is 9.78 Å². The maximum Gasteiger partial charge on any atom is 0.339 e. The molecule has 0 aliphatic carbocycles. The second-order valence-electron chi connectivity index (χ2n) is 6.14. The lowest BCUT2D eigenvalue weighted by Crippen LogP contribution is -2.42. The highest BCUT2D eigenvalue weighted by Gasteiger charge is 2.17. The molecule has 0 unspecified atom stereocenters. The van der Waals surface area contributed by atoms with Gasteiger partial charge in [-0.3, -0.25) is 4.79 Å². The first-order valence-corrected chi connectivity index (χ1v) is 9.35. The summed E-state index contributed by atoms with van der Waals surface area (Å²) >= 11 is 3.06. The number of hydrogen-bond donors (Lipinski definition) is 1. The van der Waals surface area contributed by atoms with Crippen LogP contribution in [-0.2, 0) is 15.3 Å². The summed E-state index contributed by atoms with van der Waals surface area (Å²) in [6.07, 6.45) is 0. The molecule has 2 rings (SSSR count). The molecule has 1 heterocycles. The predicted octanol–water partition coefficient (Wildman–Crippen LogP) is 3.51. The molecule has 24 heavy (non-hydrogen) atoms. The van der Waals surface area contributed by atoms with E-state index in [1.54, 1.807) is 29.0 Å². The molecule has 5 nitrogen and oxygen atoms in total. The van der Waals surface area contributed by atoms with Crippen LogP contribution in [0, 0.1) is 0 Å². The number of amides is 1. The number of carbonyl (C=O) groups excluding carboxylic acids is 2. The molecule has 0 radical (unpaired) electrons. The van der Waals surface area contributed by atoms with Crippen LogP contribution in [0.4, 0.5) is 0 Å². The highest BCUT2D eigenvalue weighted by Crippen LogP contribution is 2.26. The van der Waals surface area contributed by atoms with Crippen molar-refractivity contribution in [1.82, 2.24) is 10.3 Å². The van der Waals surface area contributed by atoms with E-state index in [0.717, 1.165) is 10.6 Å². The molecule has 2 aromatic rings. The van der Waals surface area contributed by atoms with E-state index in [4.69, 9.17) is 4.74 Å². The van der Waals surface area contributed by atoms with E-state index in [2.05, 4.69) is 10.3 Å². The summed E-state index contributed by atoms with van der Waals surface area (Å²) in [5.74, 6) is -0.137. The molecule has 7 heteroatoms. The van der Waals surface area contributed by atoms with Gasteiger partial charge in [0, 0.05) is 21.6 Å². The van der Waals surface area contributed by atoms with Crippen molar-refractivity contribution in [2.75, 3.05) is 6.61 Å². The Kier molecular flexibility index (Phi) is 6.39. The lowest BCUT2D eigenvalue weighted by molar-refractivity contribution is -0.125. The van der Waals surface area contributed by atoms with Gasteiger partial charge in [-0.2, -0.15) is 0 Å². The molecule has 0 aliphatic heterocycles. The number of aromatic nitrogens is 1. The Hall–Kier alpha value is -1.86. The van der Waals surface area contributed by atoms with E-state index in [9.17, 15) is 9.59 Å². The monoisotopic (exact) mass is 364 g/mol. The Morgan fingerprint density at radius 1 is 1.29 bits per heavy atom. The fourth-order valence-electron chi connectivity index (χ4n) is 1.88. The van der Waals surface area contributed by atoms with Crippen LogP contribution in [-0.4, -0.2) is 29.0 Å². The van der Waals surface area contributed by atoms with E-state index >= 15 is 0 Å². The Morgan fingerprint density at radius 3 is 2.71 bits per heavy atom. The van der Waals surface area contributed by atoms with Crippen molar-refractivity contribution in [3.63, 3.8) is 0 Å². The minimum atomic E-state index is -0.500. The quantitative estimate of drug-likeness (QED) is 0.627. The molecule has 1 N–H and O–H groups in total. The highest BCUT2D eigenvalue weighted by atomic mass is 32.2. The maximum atomic E-state index is 12.3. The van der Waals surface area contributed by atoms with E-state index in [0.29, 0.717) is 11.3 Å². The number of thiazole rings is 1. The number of nitrogens with zero attached hydrogens (tertiary/aromatic N) is 1. The average Bonchev–Trinajstić information content (AvgIpc) is 3.02. The molecular weight excluding hydrogens is 344 g/mol. The first-order valence-electron chi connectivity index (χ1n) is 7.42. The van der Waals surface area contributed by atoms with Gasteiger partial charge < -0.3 is 10.1 Å². The number of nitrogens with one attached hydrogen (secondary N) is 1. The van der Waals surface area contributed by atoms with Crippen molar-refractivity contribution in [1.29, 1.82) is 0 Å². The van der Waals surface area contributed by atoms with Crippen molar-refractivity contribution in [2.45, 2.75) is 37.0 Å². The van der Waals surface area contributed by atoms with E-state index in [1.165, 1.54) is 11.8 Å². The Labute approximate surface area is 149 Å². The van der Waals surface area contributed by atoms with Gasteiger partial charge in [-0.15, -0.1) is 23.1 Å². The van der Waals surface area contributed by atoms with Gasteiger partial charge in [0.05, 0.1) is 16.8 Å². The largest absolute Gasteiger partial charge is 0.452 e. The normalized spacial score (nSPS) is 11.1.